The van der Waals surface area contributed by atoms with E-state index >= 15 is 0 Å². The van der Waals surface area contributed by atoms with Crippen molar-refractivity contribution in [3.63, 3.8) is 0 Å². The molecule has 0 spiro atoms. The molecule has 1 unspecified atom stereocenters. The lowest BCUT2D eigenvalue weighted by atomic mass is 9.98. The molecule has 1 atom stereocenters. The number of para-hydroxylation sites is 2. The van der Waals surface area contributed by atoms with E-state index in [0.29, 0.717) is 5.92 Å². The lowest BCUT2D eigenvalue weighted by Gasteiger charge is -2.12. The second-order valence-corrected chi connectivity index (χ2v) is 4.64. The van der Waals surface area contributed by atoms with Crippen molar-refractivity contribution < 1.29 is 0 Å². The predicted octanol–water partition coefficient (Wildman–Crippen LogP) is 4.53. The normalized spacial score (nSPS) is 12.1. The summed E-state index contributed by atoms with van der Waals surface area (Å²) < 4.78 is 0. The Bertz CT molecular complexity index is 503. The highest BCUT2D eigenvalue weighted by Gasteiger charge is 2.03. The lowest BCUT2D eigenvalue weighted by molar-refractivity contribution is 0.734. The maximum Gasteiger partial charge on any atom is 0.0617 e. The fourth-order valence-electron chi connectivity index (χ4n) is 1.90. The van der Waals surface area contributed by atoms with Crippen LogP contribution in [0.3, 0.4) is 0 Å². The summed E-state index contributed by atoms with van der Waals surface area (Å²) in [6.07, 6.45) is 1.17. The maximum atomic E-state index is 5.91. The first kappa shape index (κ1) is 12.5. The molecule has 2 rings (SSSR count). The minimum Gasteiger partial charge on any atom is -0.397 e. The summed E-state index contributed by atoms with van der Waals surface area (Å²) in [5.41, 5.74) is 10.1. The van der Waals surface area contributed by atoms with E-state index < -0.39 is 0 Å². The van der Waals surface area contributed by atoms with Gasteiger partial charge in [-0.1, -0.05) is 38.1 Å². The Morgan fingerprint density at radius 3 is 2.33 bits per heavy atom. The van der Waals surface area contributed by atoms with Gasteiger partial charge in [-0.3, -0.25) is 0 Å². The largest absolute Gasteiger partial charge is 0.397 e. The third-order valence-corrected chi connectivity index (χ3v) is 3.33. The molecular weight excluding hydrogens is 220 g/mol. The van der Waals surface area contributed by atoms with Crippen molar-refractivity contribution in [1.82, 2.24) is 0 Å². The Morgan fingerprint density at radius 2 is 1.72 bits per heavy atom. The van der Waals surface area contributed by atoms with Gasteiger partial charge < -0.3 is 11.1 Å². The van der Waals surface area contributed by atoms with E-state index in [1.54, 1.807) is 0 Å². The van der Waals surface area contributed by atoms with Crippen LogP contribution in [0.4, 0.5) is 17.1 Å². The number of nitrogens with one attached hydrogen (secondary N) is 1. The molecule has 0 aliphatic carbocycles. The van der Waals surface area contributed by atoms with Crippen LogP contribution in [0.5, 0.6) is 0 Å². The number of hydrogen-bond donors (Lipinski definition) is 2. The first-order valence-electron chi connectivity index (χ1n) is 6.42. The predicted molar refractivity (Wildman–Crippen MR) is 79.3 cm³/mol. The number of nitrogen functional groups attached to an aromatic ring is 1. The van der Waals surface area contributed by atoms with Crippen molar-refractivity contribution in [3.8, 4) is 0 Å². The van der Waals surface area contributed by atoms with Crippen LogP contribution in [0.1, 0.15) is 31.7 Å². The van der Waals surface area contributed by atoms with Crippen molar-refractivity contribution in [3.05, 3.63) is 54.1 Å². The van der Waals surface area contributed by atoms with Gasteiger partial charge in [0.1, 0.15) is 0 Å². The Balaban J connectivity index is 2.14. The minimum atomic E-state index is 0.612. The topological polar surface area (TPSA) is 38.0 Å². The molecular formula is C16H20N2. The molecule has 94 valence electrons. The summed E-state index contributed by atoms with van der Waals surface area (Å²) in [7, 11) is 0. The van der Waals surface area contributed by atoms with E-state index in [-0.39, 0.29) is 0 Å². The molecule has 0 amide bonds. The third-order valence-electron chi connectivity index (χ3n) is 3.33. The number of anilines is 3. The molecule has 0 radical (unpaired) electrons. The smallest absolute Gasteiger partial charge is 0.0617 e. The highest BCUT2D eigenvalue weighted by atomic mass is 14.9. The number of rotatable bonds is 4. The Labute approximate surface area is 109 Å². The molecule has 2 nitrogen and oxygen atoms in total. The Morgan fingerprint density at radius 1 is 1.06 bits per heavy atom. The van der Waals surface area contributed by atoms with Crippen molar-refractivity contribution in [2.24, 2.45) is 0 Å². The van der Waals surface area contributed by atoms with Crippen LogP contribution in [0.2, 0.25) is 0 Å². The van der Waals surface area contributed by atoms with Gasteiger partial charge in [0.05, 0.1) is 11.4 Å². The van der Waals surface area contributed by atoms with Gasteiger partial charge in [0.25, 0.3) is 0 Å². The summed E-state index contributed by atoms with van der Waals surface area (Å²) in [4.78, 5) is 0. The van der Waals surface area contributed by atoms with Gasteiger partial charge in [0, 0.05) is 5.69 Å². The van der Waals surface area contributed by atoms with Crippen LogP contribution >= 0.6 is 0 Å². The molecule has 0 fully saturated rings. The zero-order chi connectivity index (χ0) is 13.0. The molecule has 2 aromatic rings. The molecule has 0 aliphatic heterocycles. The van der Waals surface area contributed by atoms with Crippen LogP contribution in [-0.4, -0.2) is 0 Å². The average Bonchev–Trinajstić information content (AvgIpc) is 2.41. The van der Waals surface area contributed by atoms with Crippen LogP contribution < -0.4 is 11.1 Å². The molecule has 0 heterocycles. The van der Waals surface area contributed by atoms with Gasteiger partial charge in [-0.05, 0) is 42.2 Å². The van der Waals surface area contributed by atoms with Gasteiger partial charge in [-0.15, -0.1) is 0 Å². The van der Waals surface area contributed by atoms with Crippen LogP contribution in [-0.2, 0) is 0 Å². The number of hydrogen-bond acceptors (Lipinski definition) is 2. The number of nitrogens with two attached hydrogens (primary N) is 1. The summed E-state index contributed by atoms with van der Waals surface area (Å²) in [6, 6.07) is 16.4. The first-order chi connectivity index (χ1) is 8.70. The van der Waals surface area contributed by atoms with E-state index in [9.17, 15) is 0 Å². The second kappa shape index (κ2) is 5.58. The fourth-order valence-corrected chi connectivity index (χ4v) is 1.90. The highest BCUT2D eigenvalue weighted by Crippen LogP contribution is 2.25. The van der Waals surface area contributed by atoms with Crippen molar-refractivity contribution in [2.45, 2.75) is 26.2 Å². The van der Waals surface area contributed by atoms with E-state index in [1.807, 2.05) is 24.3 Å². The zero-order valence-corrected chi connectivity index (χ0v) is 11.0. The van der Waals surface area contributed by atoms with Gasteiger partial charge in [-0.25, -0.2) is 0 Å². The molecule has 2 aromatic carbocycles. The van der Waals surface area contributed by atoms with Gasteiger partial charge in [-0.2, -0.15) is 0 Å². The van der Waals surface area contributed by atoms with Crippen molar-refractivity contribution >= 4 is 17.1 Å². The maximum absolute atomic E-state index is 5.91. The zero-order valence-electron chi connectivity index (χ0n) is 11.0. The Hall–Kier alpha value is -1.96. The van der Waals surface area contributed by atoms with E-state index in [1.165, 1.54) is 12.0 Å². The van der Waals surface area contributed by atoms with Gasteiger partial charge in [0.2, 0.25) is 0 Å². The first-order valence-corrected chi connectivity index (χ1v) is 6.42. The second-order valence-electron chi connectivity index (χ2n) is 4.64. The van der Waals surface area contributed by atoms with Crippen LogP contribution in [0.25, 0.3) is 0 Å². The summed E-state index contributed by atoms with van der Waals surface area (Å²) >= 11 is 0. The third kappa shape index (κ3) is 2.83. The lowest BCUT2D eigenvalue weighted by Crippen LogP contribution is -1.96. The van der Waals surface area contributed by atoms with Crippen molar-refractivity contribution in [2.75, 3.05) is 11.1 Å². The minimum absolute atomic E-state index is 0.612. The standard InChI is InChI=1S/C16H20N2/c1-3-12(2)13-8-10-14(11-9-13)18-16-7-5-4-6-15(16)17/h4-12,18H,3,17H2,1-2H3. The number of benzene rings is 2. The molecule has 2 heteroatoms. The quantitative estimate of drug-likeness (QED) is 0.771. The van der Waals surface area contributed by atoms with E-state index in [0.717, 1.165) is 17.1 Å². The highest BCUT2D eigenvalue weighted by molar-refractivity contribution is 5.72. The van der Waals surface area contributed by atoms with Gasteiger partial charge in [0.15, 0.2) is 0 Å². The van der Waals surface area contributed by atoms with Crippen LogP contribution in [0.15, 0.2) is 48.5 Å². The molecule has 0 bridgehead atoms. The molecule has 0 aromatic heterocycles. The molecule has 0 saturated carbocycles. The van der Waals surface area contributed by atoms with Crippen molar-refractivity contribution in [1.29, 1.82) is 0 Å². The van der Waals surface area contributed by atoms with E-state index in [2.05, 4.69) is 43.4 Å². The molecule has 0 saturated heterocycles. The molecule has 18 heavy (non-hydrogen) atoms. The Kier molecular flexibility index (Phi) is 3.88. The molecule has 3 N–H and O–H groups in total. The average molecular weight is 240 g/mol. The summed E-state index contributed by atoms with van der Waals surface area (Å²) in [5.74, 6) is 0.612. The monoisotopic (exact) mass is 240 g/mol. The molecule has 0 aliphatic rings. The van der Waals surface area contributed by atoms with E-state index in [4.69, 9.17) is 5.73 Å². The van der Waals surface area contributed by atoms with Gasteiger partial charge >= 0.3 is 0 Å². The fraction of sp³-hybridized carbons (Fsp3) is 0.250. The SMILES string of the molecule is CCC(C)c1ccc(Nc2ccccc2N)cc1. The summed E-state index contributed by atoms with van der Waals surface area (Å²) in [6.45, 7) is 4.46. The van der Waals surface area contributed by atoms with Crippen LogP contribution in [0, 0.1) is 0 Å². The summed E-state index contributed by atoms with van der Waals surface area (Å²) in [5, 5.41) is 3.33.